The van der Waals surface area contributed by atoms with Gasteiger partial charge in [0.05, 0.1) is 12.8 Å². The van der Waals surface area contributed by atoms with E-state index in [0.29, 0.717) is 6.04 Å². The standard InChI is InChI=1S/C14H24N2O/c1-13(2)16-10-5-3-4-6-11-17-14-8-7-9-15-12-14/h7-9,12-13,16H,3-6,10-11H2,1-2H3. The zero-order valence-corrected chi connectivity index (χ0v) is 11.0. The Labute approximate surface area is 105 Å². The van der Waals surface area contributed by atoms with Crippen LogP contribution in [0.1, 0.15) is 39.5 Å². The van der Waals surface area contributed by atoms with Crippen molar-refractivity contribution in [1.82, 2.24) is 10.3 Å². The normalized spacial score (nSPS) is 10.8. The van der Waals surface area contributed by atoms with Crippen molar-refractivity contribution in [2.24, 2.45) is 0 Å². The molecule has 0 aliphatic carbocycles. The third-order valence-corrected chi connectivity index (χ3v) is 2.53. The SMILES string of the molecule is CC(C)NCCCCCCOc1cccnc1. The lowest BCUT2D eigenvalue weighted by molar-refractivity contribution is 0.303. The van der Waals surface area contributed by atoms with E-state index >= 15 is 0 Å². The van der Waals surface area contributed by atoms with E-state index in [1.54, 1.807) is 12.4 Å². The first-order valence-corrected chi connectivity index (χ1v) is 6.55. The van der Waals surface area contributed by atoms with Crippen molar-refractivity contribution in [3.05, 3.63) is 24.5 Å². The van der Waals surface area contributed by atoms with Gasteiger partial charge < -0.3 is 10.1 Å². The van der Waals surface area contributed by atoms with Crippen LogP contribution in [0.4, 0.5) is 0 Å². The maximum Gasteiger partial charge on any atom is 0.137 e. The molecule has 1 heterocycles. The fourth-order valence-electron chi connectivity index (χ4n) is 1.59. The molecule has 0 aromatic carbocycles. The lowest BCUT2D eigenvalue weighted by Gasteiger charge is -2.08. The number of nitrogens with zero attached hydrogens (tertiary/aromatic N) is 1. The van der Waals surface area contributed by atoms with E-state index < -0.39 is 0 Å². The molecule has 0 radical (unpaired) electrons. The average Bonchev–Trinajstić information content (AvgIpc) is 2.33. The number of rotatable bonds is 9. The summed E-state index contributed by atoms with van der Waals surface area (Å²) >= 11 is 0. The van der Waals surface area contributed by atoms with E-state index in [1.165, 1.54) is 19.3 Å². The van der Waals surface area contributed by atoms with E-state index in [-0.39, 0.29) is 0 Å². The lowest BCUT2D eigenvalue weighted by Crippen LogP contribution is -2.23. The van der Waals surface area contributed by atoms with Crippen molar-refractivity contribution in [1.29, 1.82) is 0 Å². The first-order chi connectivity index (χ1) is 8.29. The Kier molecular flexibility index (Phi) is 7.39. The van der Waals surface area contributed by atoms with E-state index in [1.807, 2.05) is 12.1 Å². The molecule has 0 atom stereocenters. The Hall–Kier alpha value is -1.09. The van der Waals surface area contributed by atoms with Gasteiger partial charge in [0.25, 0.3) is 0 Å². The first kappa shape index (κ1) is 14.0. The van der Waals surface area contributed by atoms with Crippen LogP contribution in [0, 0.1) is 0 Å². The fourth-order valence-corrected chi connectivity index (χ4v) is 1.59. The number of unbranched alkanes of at least 4 members (excludes halogenated alkanes) is 3. The summed E-state index contributed by atoms with van der Waals surface area (Å²) in [5.74, 6) is 0.869. The Morgan fingerprint density at radius 2 is 2.06 bits per heavy atom. The van der Waals surface area contributed by atoms with Gasteiger partial charge in [-0.05, 0) is 31.5 Å². The average molecular weight is 236 g/mol. The fraction of sp³-hybridized carbons (Fsp3) is 0.643. The summed E-state index contributed by atoms with van der Waals surface area (Å²) in [5, 5.41) is 3.42. The van der Waals surface area contributed by atoms with Crippen LogP contribution in [0.15, 0.2) is 24.5 Å². The van der Waals surface area contributed by atoms with Gasteiger partial charge >= 0.3 is 0 Å². The monoisotopic (exact) mass is 236 g/mol. The molecule has 0 aliphatic rings. The van der Waals surface area contributed by atoms with Crippen molar-refractivity contribution in [3.63, 3.8) is 0 Å². The molecule has 0 fully saturated rings. The minimum atomic E-state index is 0.601. The predicted octanol–water partition coefficient (Wildman–Crippen LogP) is 3.02. The van der Waals surface area contributed by atoms with Gasteiger partial charge in [0.15, 0.2) is 0 Å². The zero-order valence-electron chi connectivity index (χ0n) is 11.0. The van der Waals surface area contributed by atoms with Gasteiger partial charge in [-0.15, -0.1) is 0 Å². The third kappa shape index (κ3) is 7.75. The van der Waals surface area contributed by atoms with Crippen molar-refractivity contribution in [3.8, 4) is 5.75 Å². The molecule has 0 spiro atoms. The highest BCUT2D eigenvalue weighted by molar-refractivity contribution is 5.15. The largest absolute Gasteiger partial charge is 0.492 e. The zero-order chi connectivity index (χ0) is 12.3. The molecule has 96 valence electrons. The molecule has 17 heavy (non-hydrogen) atoms. The van der Waals surface area contributed by atoms with Crippen LogP contribution in [-0.4, -0.2) is 24.2 Å². The van der Waals surface area contributed by atoms with Gasteiger partial charge in [-0.3, -0.25) is 4.98 Å². The molecule has 0 unspecified atom stereocenters. The van der Waals surface area contributed by atoms with Gasteiger partial charge in [0.1, 0.15) is 5.75 Å². The summed E-state index contributed by atoms with van der Waals surface area (Å²) in [6, 6.07) is 4.44. The van der Waals surface area contributed by atoms with Crippen LogP contribution in [0.25, 0.3) is 0 Å². The van der Waals surface area contributed by atoms with E-state index in [4.69, 9.17) is 4.74 Å². The van der Waals surface area contributed by atoms with Crippen LogP contribution in [0.5, 0.6) is 5.75 Å². The molecule has 1 aromatic rings. The van der Waals surface area contributed by atoms with Crippen molar-refractivity contribution >= 4 is 0 Å². The molecule has 1 N–H and O–H groups in total. The first-order valence-electron chi connectivity index (χ1n) is 6.55. The summed E-state index contributed by atoms with van der Waals surface area (Å²) in [6.45, 7) is 6.29. The van der Waals surface area contributed by atoms with Gasteiger partial charge in [-0.25, -0.2) is 0 Å². The number of hydrogen-bond acceptors (Lipinski definition) is 3. The molecule has 3 heteroatoms. The Bertz CT molecular complexity index is 275. The molecule has 1 aromatic heterocycles. The third-order valence-electron chi connectivity index (χ3n) is 2.53. The molecule has 0 bridgehead atoms. The summed E-state index contributed by atoms with van der Waals surface area (Å²) in [4.78, 5) is 4.01. The Morgan fingerprint density at radius 3 is 2.76 bits per heavy atom. The van der Waals surface area contributed by atoms with Gasteiger partial charge in [-0.2, -0.15) is 0 Å². The molecule has 0 aliphatic heterocycles. The number of aromatic nitrogens is 1. The maximum atomic E-state index is 5.57. The van der Waals surface area contributed by atoms with Crippen LogP contribution in [0.2, 0.25) is 0 Å². The topological polar surface area (TPSA) is 34.1 Å². The molecule has 0 saturated heterocycles. The van der Waals surface area contributed by atoms with Crippen LogP contribution < -0.4 is 10.1 Å². The highest BCUT2D eigenvalue weighted by atomic mass is 16.5. The van der Waals surface area contributed by atoms with Gasteiger partial charge in [0, 0.05) is 12.2 Å². The summed E-state index contributed by atoms with van der Waals surface area (Å²) < 4.78 is 5.57. The van der Waals surface area contributed by atoms with Gasteiger partial charge in [-0.1, -0.05) is 26.7 Å². The van der Waals surface area contributed by atoms with E-state index in [9.17, 15) is 0 Å². The number of hydrogen-bond donors (Lipinski definition) is 1. The second-order valence-corrected chi connectivity index (χ2v) is 4.56. The van der Waals surface area contributed by atoms with Crippen LogP contribution in [-0.2, 0) is 0 Å². The number of pyridine rings is 1. The Morgan fingerprint density at radius 1 is 1.24 bits per heavy atom. The minimum Gasteiger partial charge on any atom is -0.492 e. The molecule has 0 amide bonds. The Balaban J connectivity index is 1.88. The molecular formula is C14H24N2O. The molecule has 0 saturated carbocycles. The quantitative estimate of drug-likeness (QED) is 0.669. The summed E-state index contributed by atoms with van der Waals surface area (Å²) in [7, 11) is 0. The predicted molar refractivity (Wildman–Crippen MR) is 71.3 cm³/mol. The van der Waals surface area contributed by atoms with Crippen molar-refractivity contribution in [2.45, 2.75) is 45.6 Å². The minimum absolute atomic E-state index is 0.601. The number of nitrogens with one attached hydrogen (secondary N) is 1. The lowest BCUT2D eigenvalue weighted by atomic mass is 10.2. The second-order valence-electron chi connectivity index (χ2n) is 4.56. The van der Waals surface area contributed by atoms with Crippen molar-refractivity contribution < 1.29 is 4.74 Å². The second kappa shape index (κ2) is 8.99. The van der Waals surface area contributed by atoms with Crippen LogP contribution >= 0.6 is 0 Å². The highest BCUT2D eigenvalue weighted by Gasteiger charge is 1.94. The molecule has 3 nitrogen and oxygen atoms in total. The van der Waals surface area contributed by atoms with Crippen LogP contribution in [0.3, 0.4) is 0 Å². The highest BCUT2D eigenvalue weighted by Crippen LogP contribution is 2.07. The van der Waals surface area contributed by atoms with E-state index in [0.717, 1.165) is 25.3 Å². The summed E-state index contributed by atoms with van der Waals surface area (Å²) in [5.41, 5.74) is 0. The van der Waals surface area contributed by atoms with E-state index in [2.05, 4.69) is 24.1 Å². The number of ether oxygens (including phenoxy) is 1. The van der Waals surface area contributed by atoms with Crippen molar-refractivity contribution in [2.75, 3.05) is 13.2 Å². The molecular weight excluding hydrogens is 212 g/mol. The maximum absolute atomic E-state index is 5.57. The van der Waals surface area contributed by atoms with Gasteiger partial charge in [0.2, 0.25) is 0 Å². The summed E-state index contributed by atoms with van der Waals surface area (Å²) in [6.07, 6.45) is 8.40. The smallest absolute Gasteiger partial charge is 0.137 e. The molecule has 1 rings (SSSR count).